The van der Waals surface area contributed by atoms with Gasteiger partial charge in [-0.05, 0) is 43.2 Å². The van der Waals surface area contributed by atoms with Gasteiger partial charge in [0.15, 0.2) is 0 Å². The Bertz CT molecular complexity index is 331. The molecule has 0 bridgehead atoms. The monoisotopic (exact) mass is 221 g/mol. The standard InChI is InChI=1S/C13H19NS/c1-10-8-11(6-7-13(10)15-2)9-14-12-4-3-5-12/h6-8,12,14H,3-5,9H2,1-2H3. The molecular formula is C13H19NS. The molecule has 1 saturated carbocycles. The Labute approximate surface area is 96.7 Å². The molecule has 0 spiro atoms. The fourth-order valence-electron chi connectivity index (χ4n) is 1.93. The molecule has 1 aromatic rings. The Morgan fingerprint density at radius 2 is 2.20 bits per heavy atom. The van der Waals surface area contributed by atoms with Gasteiger partial charge in [0.2, 0.25) is 0 Å². The van der Waals surface area contributed by atoms with E-state index in [4.69, 9.17) is 0 Å². The van der Waals surface area contributed by atoms with E-state index in [9.17, 15) is 0 Å². The highest BCUT2D eigenvalue weighted by Gasteiger charge is 2.15. The first-order valence-electron chi connectivity index (χ1n) is 5.66. The Morgan fingerprint density at radius 1 is 1.40 bits per heavy atom. The summed E-state index contributed by atoms with van der Waals surface area (Å²) in [6, 6.07) is 7.56. The van der Waals surface area contributed by atoms with E-state index < -0.39 is 0 Å². The molecule has 1 aliphatic carbocycles. The Balaban J connectivity index is 1.93. The quantitative estimate of drug-likeness (QED) is 0.782. The maximum atomic E-state index is 3.59. The molecule has 15 heavy (non-hydrogen) atoms. The lowest BCUT2D eigenvalue weighted by Gasteiger charge is -2.26. The van der Waals surface area contributed by atoms with Crippen LogP contribution >= 0.6 is 11.8 Å². The van der Waals surface area contributed by atoms with E-state index in [1.54, 1.807) is 0 Å². The summed E-state index contributed by atoms with van der Waals surface area (Å²) in [5, 5.41) is 3.59. The van der Waals surface area contributed by atoms with Gasteiger partial charge in [0.1, 0.15) is 0 Å². The van der Waals surface area contributed by atoms with Gasteiger partial charge in [0, 0.05) is 17.5 Å². The summed E-state index contributed by atoms with van der Waals surface area (Å²) < 4.78 is 0. The zero-order chi connectivity index (χ0) is 10.7. The van der Waals surface area contributed by atoms with Gasteiger partial charge < -0.3 is 5.32 Å². The summed E-state index contributed by atoms with van der Waals surface area (Å²) in [5.41, 5.74) is 2.81. The van der Waals surface area contributed by atoms with E-state index in [0.29, 0.717) is 0 Å². The van der Waals surface area contributed by atoms with E-state index in [1.807, 2.05) is 11.8 Å². The van der Waals surface area contributed by atoms with Crippen molar-refractivity contribution in [2.24, 2.45) is 0 Å². The Hall–Kier alpha value is -0.470. The molecule has 1 aromatic carbocycles. The van der Waals surface area contributed by atoms with Gasteiger partial charge in [-0.15, -0.1) is 11.8 Å². The summed E-state index contributed by atoms with van der Waals surface area (Å²) >= 11 is 1.82. The van der Waals surface area contributed by atoms with Gasteiger partial charge in [0.05, 0.1) is 0 Å². The molecular weight excluding hydrogens is 202 g/mol. The summed E-state index contributed by atoms with van der Waals surface area (Å²) in [6.45, 7) is 3.22. The molecule has 1 nitrogen and oxygen atoms in total. The van der Waals surface area contributed by atoms with Gasteiger partial charge in [-0.2, -0.15) is 0 Å². The molecule has 0 atom stereocenters. The summed E-state index contributed by atoms with van der Waals surface area (Å²) in [4.78, 5) is 1.39. The van der Waals surface area contributed by atoms with E-state index >= 15 is 0 Å². The maximum Gasteiger partial charge on any atom is 0.0208 e. The lowest BCUT2D eigenvalue weighted by Crippen LogP contribution is -2.34. The topological polar surface area (TPSA) is 12.0 Å². The van der Waals surface area contributed by atoms with Crippen LogP contribution in [-0.2, 0) is 6.54 Å². The van der Waals surface area contributed by atoms with Crippen molar-refractivity contribution in [1.82, 2.24) is 5.32 Å². The Morgan fingerprint density at radius 3 is 2.73 bits per heavy atom. The SMILES string of the molecule is CSc1ccc(CNC2CCC2)cc1C. The van der Waals surface area contributed by atoms with Crippen LogP contribution in [0.25, 0.3) is 0 Å². The van der Waals surface area contributed by atoms with Crippen LogP contribution < -0.4 is 5.32 Å². The second kappa shape index (κ2) is 5.04. The lowest BCUT2D eigenvalue weighted by molar-refractivity contribution is 0.338. The van der Waals surface area contributed by atoms with Gasteiger partial charge in [-0.25, -0.2) is 0 Å². The van der Waals surface area contributed by atoms with Gasteiger partial charge in [-0.3, -0.25) is 0 Å². The molecule has 0 radical (unpaired) electrons. The van der Waals surface area contributed by atoms with E-state index in [0.717, 1.165) is 12.6 Å². The molecule has 2 heteroatoms. The zero-order valence-electron chi connectivity index (χ0n) is 9.55. The summed E-state index contributed by atoms with van der Waals surface area (Å²) in [7, 11) is 0. The largest absolute Gasteiger partial charge is 0.310 e. The average molecular weight is 221 g/mol. The van der Waals surface area contributed by atoms with Crippen LogP contribution in [0.5, 0.6) is 0 Å². The predicted molar refractivity (Wildman–Crippen MR) is 67.4 cm³/mol. The van der Waals surface area contributed by atoms with Gasteiger partial charge >= 0.3 is 0 Å². The van der Waals surface area contributed by atoms with Crippen LogP contribution in [0.3, 0.4) is 0 Å². The number of nitrogens with one attached hydrogen (secondary N) is 1. The third-order valence-electron chi connectivity index (χ3n) is 3.16. The Kier molecular flexibility index (Phi) is 3.71. The van der Waals surface area contributed by atoms with Crippen LogP contribution in [0, 0.1) is 6.92 Å². The zero-order valence-corrected chi connectivity index (χ0v) is 10.4. The molecule has 1 fully saturated rings. The minimum atomic E-state index is 0.783. The highest BCUT2D eigenvalue weighted by Crippen LogP contribution is 2.22. The van der Waals surface area contributed by atoms with Crippen molar-refractivity contribution in [2.75, 3.05) is 6.26 Å². The molecule has 82 valence electrons. The molecule has 1 N–H and O–H groups in total. The molecule has 0 aliphatic heterocycles. The van der Waals surface area contributed by atoms with Crippen molar-refractivity contribution in [1.29, 1.82) is 0 Å². The third-order valence-corrected chi connectivity index (χ3v) is 4.06. The van der Waals surface area contributed by atoms with Crippen LogP contribution in [0.15, 0.2) is 23.1 Å². The van der Waals surface area contributed by atoms with Crippen molar-refractivity contribution >= 4 is 11.8 Å². The van der Waals surface area contributed by atoms with Crippen molar-refractivity contribution < 1.29 is 0 Å². The van der Waals surface area contributed by atoms with E-state index in [-0.39, 0.29) is 0 Å². The maximum absolute atomic E-state index is 3.59. The smallest absolute Gasteiger partial charge is 0.0208 e. The fourth-order valence-corrected chi connectivity index (χ4v) is 2.51. The number of hydrogen-bond donors (Lipinski definition) is 1. The average Bonchev–Trinajstić information content (AvgIpc) is 2.16. The second-order valence-electron chi connectivity index (χ2n) is 4.31. The molecule has 1 aliphatic rings. The first-order chi connectivity index (χ1) is 7.29. The van der Waals surface area contributed by atoms with Crippen LogP contribution in [0.2, 0.25) is 0 Å². The van der Waals surface area contributed by atoms with E-state index in [1.165, 1.54) is 35.3 Å². The number of hydrogen-bond acceptors (Lipinski definition) is 2. The first-order valence-corrected chi connectivity index (χ1v) is 6.89. The number of rotatable bonds is 4. The molecule has 0 heterocycles. The van der Waals surface area contributed by atoms with Crippen molar-refractivity contribution in [3.05, 3.63) is 29.3 Å². The van der Waals surface area contributed by atoms with E-state index in [2.05, 4.69) is 36.7 Å². The van der Waals surface area contributed by atoms with Gasteiger partial charge in [-0.1, -0.05) is 18.6 Å². The minimum absolute atomic E-state index is 0.783. The summed E-state index contributed by atoms with van der Waals surface area (Å²) in [5.74, 6) is 0. The van der Waals surface area contributed by atoms with Crippen molar-refractivity contribution in [3.63, 3.8) is 0 Å². The van der Waals surface area contributed by atoms with Crippen LogP contribution in [-0.4, -0.2) is 12.3 Å². The normalized spacial score (nSPS) is 16.4. The molecule has 0 unspecified atom stereocenters. The minimum Gasteiger partial charge on any atom is -0.310 e. The number of benzene rings is 1. The third kappa shape index (κ3) is 2.76. The highest BCUT2D eigenvalue weighted by molar-refractivity contribution is 7.98. The van der Waals surface area contributed by atoms with Crippen molar-refractivity contribution in [3.8, 4) is 0 Å². The molecule has 0 amide bonds. The highest BCUT2D eigenvalue weighted by atomic mass is 32.2. The van der Waals surface area contributed by atoms with Gasteiger partial charge in [0.25, 0.3) is 0 Å². The summed E-state index contributed by atoms with van der Waals surface area (Å²) in [6.07, 6.45) is 6.26. The fraction of sp³-hybridized carbons (Fsp3) is 0.538. The lowest BCUT2D eigenvalue weighted by atomic mass is 9.93. The number of aryl methyl sites for hydroxylation is 1. The van der Waals surface area contributed by atoms with Crippen LogP contribution in [0.4, 0.5) is 0 Å². The molecule has 0 aromatic heterocycles. The van der Waals surface area contributed by atoms with Crippen LogP contribution in [0.1, 0.15) is 30.4 Å². The number of thioether (sulfide) groups is 1. The van der Waals surface area contributed by atoms with Crippen molar-refractivity contribution in [2.45, 2.75) is 43.7 Å². The second-order valence-corrected chi connectivity index (χ2v) is 5.16. The molecule has 0 saturated heterocycles. The predicted octanol–water partition coefficient (Wildman–Crippen LogP) is 3.36. The first kappa shape index (κ1) is 11.0. The molecule has 2 rings (SSSR count).